The average Bonchev–Trinajstić information content (AvgIpc) is 3.34. The molecular weight excluding hydrogens is 494 g/mol. The molecule has 0 aliphatic carbocycles. The lowest BCUT2D eigenvalue weighted by Crippen LogP contribution is -2.05. The number of para-hydroxylation sites is 1. The van der Waals surface area contributed by atoms with Gasteiger partial charge in [-0.15, -0.1) is 0 Å². The van der Waals surface area contributed by atoms with Crippen LogP contribution in [0.2, 0.25) is 5.02 Å². The van der Waals surface area contributed by atoms with Crippen molar-refractivity contribution < 1.29 is 9.59 Å². The van der Waals surface area contributed by atoms with Crippen molar-refractivity contribution in [2.45, 2.75) is 26.2 Å². The first-order chi connectivity index (χ1) is 18.5. The van der Waals surface area contributed by atoms with Gasteiger partial charge in [-0.2, -0.15) is 0 Å². The Morgan fingerprint density at radius 3 is 2.53 bits per heavy atom. The number of halogens is 1. The minimum absolute atomic E-state index is 0.0258. The second-order valence-electron chi connectivity index (χ2n) is 9.17. The first-order valence-electron chi connectivity index (χ1n) is 12.4. The van der Waals surface area contributed by atoms with Crippen LogP contribution in [0.4, 0.5) is 0 Å². The van der Waals surface area contributed by atoms with Crippen LogP contribution in [-0.2, 0) is 24.1 Å². The Kier molecular flexibility index (Phi) is 7.57. The number of nitrogens with zero attached hydrogens (tertiary/aromatic N) is 2. The quantitative estimate of drug-likeness (QED) is 0.168. The highest BCUT2D eigenvalue weighted by Crippen LogP contribution is 2.32. The molecule has 5 rings (SSSR count). The standard InChI is InChI=1S/C32H26ClN3O2/c1-2-6-25(37)16-21-11-13-24(14-12-21)30(38)17-22-7-5-8-23(15-22)18-31-35-20-28(33)32(36-31)27-19-34-29-10-4-3-9-26(27)29/h2-15,19-20,34H,16-18H2,1H3/b6-2+. The van der Waals surface area contributed by atoms with E-state index in [0.29, 0.717) is 34.9 Å². The van der Waals surface area contributed by atoms with Gasteiger partial charge in [0.1, 0.15) is 5.82 Å². The predicted octanol–water partition coefficient (Wildman–Crippen LogP) is 6.98. The molecule has 0 atom stereocenters. The summed E-state index contributed by atoms with van der Waals surface area (Å²) in [6, 6.07) is 23.2. The van der Waals surface area contributed by atoms with Crippen molar-refractivity contribution in [3.8, 4) is 11.3 Å². The van der Waals surface area contributed by atoms with Gasteiger partial charge in [0.05, 0.1) is 10.7 Å². The molecule has 38 heavy (non-hydrogen) atoms. The number of nitrogens with one attached hydrogen (secondary N) is 1. The maximum atomic E-state index is 12.9. The van der Waals surface area contributed by atoms with Crippen molar-refractivity contribution in [2.75, 3.05) is 0 Å². The summed E-state index contributed by atoms with van der Waals surface area (Å²) in [6.45, 7) is 1.82. The number of carbonyl (C=O) groups excluding carboxylic acids is 2. The van der Waals surface area contributed by atoms with E-state index in [0.717, 1.165) is 33.2 Å². The van der Waals surface area contributed by atoms with Gasteiger partial charge in [0.2, 0.25) is 0 Å². The summed E-state index contributed by atoms with van der Waals surface area (Å²) in [6.07, 6.45) is 7.98. The van der Waals surface area contributed by atoms with Crippen molar-refractivity contribution in [3.05, 3.63) is 130 Å². The first-order valence-corrected chi connectivity index (χ1v) is 12.8. The van der Waals surface area contributed by atoms with E-state index in [1.807, 2.05) is 73.8 Å². The molecule has 0 aliphatic rings. The highest BCUT2D eigenvalue weighted by atomic mass is 35.5. The summed E-state index contributed by atoms with van der Waals surface area (Å²) < 4.78 is 0. The molecular formula is C32H26ClN3O2. The number of rotatable bonds is 9. The molecule has 2 aromatic heterocycles. The molecule has 0 saturated carbocycles. The zero-order chi connectivity index (χ0) is 26.5. The molecule has 2 heterocycles. The van der Waals surface area contributed by atoms with E-state index >= 15 is 0 Å². The van der Waals surface area contributed by atoms with E-state index < -0.39 is 0 Å². The SMILES string of the molecule is C/C=C/C(=O)Cc1ccc(C(=O)Cc2cccc(Cc3ncc(Cl)c(-c4c[nH]c5ccccc45)n3)c2)cc1. The fraction of sp³-hybridized carbons (Fsp3) is 0.125. The van der Waals surface area contributed by atoms with Crippen LogP contribution >= 0.6 is 11.6 Å². The molecule has 3 aromatic carbocycles. The van der Waals surface area contributed by atoms with E-state index in [2.05, 4.69) is 9.97 Å². The molecule has 0 bridgehead atoms. The van der Waals surface area contributed by atoms with Gasteiger partial charge in [0, 0.05) is 53.7 Å². The number of Topliss-reactive ketones (excluding diaryl/α,β-unsaturated/α-hetero) is 1. The molecule has 0 spiro atoms. The minimum atomic E-state index is 0.0258. The first kappa shape index (κ1) is 25.3. The third kappa shape index (κ3) is 5.79. The maximum absolute atomic E-state index is 12.9. The van der Waals surface area contributed by atoms with Crippen LogP contribution < -0.4 is 0 Å². The van der Waals surface area contributed by atoms with Crippen molar-refractivity contribution in [1.29, 1.82) is 0 Å². The van der Waals surface area contributed by atoms with Gasteiger partial charge in [0.15, 0.2) is 11.6 Å². The van der Waals surface area contributed by atoms with Gasteiger partial charge in [-0.3, -0.25) is 9.59 Å². The zero-order valence-electron chi connectivity index (χ0n) is 20.9. The summed E-state index contributed by atoms with van der Waals surface area (Å²) >= 11 is 6.48. The second-order valence-corrected chi connectivity index (χ2v) is 9.57. The molecule has 0 unspecified atom stereocenters. The normalized spacial score (nSPS) is 11.3. The highest BCUT2D eigenvalue weighted by Gasteiger charge is 2.14. The monoisotopic (exact) mass is 519 g/mol. The summed E-state index contributed by atoms with van der Waals surface area (Å²) in [4.78, 5) is 37.2. The summed E-state index contributed by atoms with van der Waals surface area (Å²) in [5.74, 6) is 0.723. The van der Waals surface area contributed by atoms with Crippen LogP contribution in [0.5, 0.6) is 0 Å². The Morgan fingerprint density at radius 2 is 1.71 bits per heavy atom. The van der Waals surface area contributed by atoms with Crippen LogP contribution in [0.3, 0.4) is 0 Å². The molecule has 0 radical (unpaired) electrons. The lowest BCUT2D eigenvalue weighted by molar-refractivity contribution is -0.114. The van der Waals surface area contributed by atoms with Crippen LogP contribution in [0.25, 0.3) is 22.2 Å². The van der Waals surface area contributed by atoms with Crippen molar-refractivity contribution in [1.82, 2.24) is 15.0 Å². The minimum Gasteiger partial charge on any atom is -0.360 e. The van der Waals surface area contributed by atoms with E-state index in [1.54, 1.807) is 30.5 Å². The number of hydrogen-bond donors (Lipinski definition) is 1. The van der Waals surface area contributed by atoms with Crippen LogP contribution in [-0.4, -0.2) is 26.5 Å². The lowest BCUT2D eigenvalue weighted by Gasteiger charge is -2.08. The number of allylic oxidation sites excluding steroid dienone is 2. The zero-order valence-corrected chi connectivity index (χ0v) is 21.7. The largest absolute Gasteiger partial charge is 0.360 e. The molecule has 188 valence electrons. The van der Waals surface area contributed by atoms with Gasteiger partial charge in [-0.1, -0.05) is 84.4 Å². The molecule has 5 aromatic rings. The number of benzene rings is 3. The number of ketones is 2. The van der Waals surface area contributed by atoms with Gasteiger partial charge in [0.25, 0.3) is 0 Å². The van der Waals surface area contributed by atoms with Crippen LogP contribution in [0, 0.1) is 0 Å². The van der Waals surface area contributed by atoms with E-state index in [1.165, 1.54) is 0 Å². The molecule has 0 amide bonds. The van der Waals surface area contributed by atoms with Gasteiger partial charge in [-0.05, 0) is 35.8 Å². The average molecular weight is 520 g/mol. The number of carbonyl (C=O) groups is 2. The maximum Gasteiger partial charge on any atom is 0.167 e. The molecule has 0 fully saturated rings. The second kappa shape index (κ2) is 11.4. The Balaban J connectivity index is 1.30. The number of aromatic amines is 1. The van der Waals surface area contributed by atoms with Gasteiger partial charge < -0.3 is 4.98 Å². The Morgan fingerprint density at radius 1 is 0.921 bits per heavy atom. The van der Waals surface area contributed by atoms with Crippen molar-refractivity contribution in [3.63, 3.8) is 0 Å². The van der Waals surface area contributed by atoms with E-state index in [-0.39, 0.29) is 18.0 Å². The fourth-order valence-electron chi connectivity index (χ4n) is 4.52. The number of hydrogen-bond acceptors (Lipinski definition) is 4. The Bertz CT molecular complexity index is 1650. The third-order valence-electron chi connectivity index (χ3n) is 6.36. The molecule has 0 aliphatic heterocycles. The smallest absolute Gasteiger partial charge is 0.167 e. The summed E-state index contributed by atoms with van der Waals surface area (Å²) in [7, 11) is 0. The lowest BCUT2D eigenvalue weighted by atomic mass is 9.99. The molecule has 6 heteroatoms. The predicted molar refractivity (Wildman–Crippen MR) is 152 cm³/mol. The van der Waals surface area contributed by atoms with Crippen LogP contribution in [0.15, 0.2) is 97.3 Å². The molecule has 0 saturated heterocycles. The van der Waals surface area contributed by atoms with Crippen LogP contribution in [0.1, 0.15) is 39.8 Å². The number of H-pyrrole nitrogens is 1. The summed E-state index contributed by atoms with van der Waals surface area (Å²) in [5.41, 5.74) is 6.10. The molecule has 5 nitrogen and oxygen atoms in total. The highest BCUT2D eigenvalue weighted by molar-refractivity contribution is 6.33. The van der Waals surface area contributed by atoms with E-state index in [9.17, 15) is 9.59 Å². The Labute approximate surface area is 226 Å². The summed E-state index contributed by atoms with van der Waals surface area (Å²) in [5, 5.41) is 1.55. The topological polar surface area (TPSA) is 75.7 Å². The van der Waals surface area contributed by atoms with Gasteiger partial charge in [-0.25, -0.2) is 9.97 Å². The Hall–Kier alpha value is -4.35. The van der Waals surface area contributed by atoms with E-state index in [4.69, 9.17) is 16.6 Å². The third-order valence-corrected chi connectivity index (χ3v) is 6.64. The number of aromatic nitrogens is 3. The van der Waals surface area contributed by atoms with Crippen molar-refractivity contribution in [2.24, 2.45) is 0 Å². The number of fused-ring (bicyclic) bond motifs is 1. The van der Waals surface area contributed by atoms with Crippen molar-refractivity contribution >= 4 is 34.1 Å². The fourth-order valence-corrected chi connectivity index (χ4v) is 4.71. The molecule has 1 N–H and O–H groups in total. The van der Waals surface area contributed by atoms with Gasteiger partial charge >= 0.3 is 0 Å².